The van der Waals surface area contributed by atoms with Crippen molar-refractivity contribution in [1.82, 2.24) is 0 Å². The van der Waals surface area contributed by atoms with Crippen LogP contribution in [0.1, 0.15) is 13.8 Å². The maximum absolute atomic E-state index is 14.6. The second kappa shape index (κ2) is 6.42. The monoisotopic (exact) mass is 333 g/mol. The summed E-state index contributed by atoms with van der Waals surface area (Å²) in [4.78, 5) is 17.9. The summed E-state index contributed by atoms with van der Waals surface area (Å²) >= 11 is 0. The molecular formula is C17H21FN3OP. The van der Waals surface area contributed by atoms with E-state index in [1.54, 1.807) is 6.07 Å². The van der Waals surface area contributed by atoms with Crippen LogP contribution in [0, 0.1) is 5.82 Å². The van der Waals surface area contributed by atoms with E-state index in [4.69, 9.17) is 0 Å². The normalized spacial score (nSPS) is 19.7. The van der Waals surface area contributed by atoms with E-state index < -0.39 is 8.15 Å². The molecule has 0 radical (unpaired) electrons. The maximum Gasteiger partial charge on any atom is 0.148 e. The second-order valence-electron chi connectivity index (χ2n) is 5.85. The first-order chi connectivity index (χ1) is 11.0. The van der Waals surface area contributed by atoms with Gasteiger partial charge in [-0.15, -0.1) is 0 Å². The van der Waals surface area contributed by atoms with Gasteiger partial charge in [0.25, 0.3) is 0 Å². The van der Waals surface area contributed by atoms with E-state index >= 15 is 0 Å². The van der Waals surface area contributed by atoms with Gasteiger partial charge in [-0.25, -0.2) is 9.38 Å². The van der Waals surface area contributed by atoms with Gasteiger partial charge in [0.05, 0.1) is 11.4 Å². The van der Waals surface area contributed by atoms with Crippen molar-refractivity contribution in [2.75, 3.05) is 35.2 Å². The van der Waals surface area contributed by atoms with Gasteiger partial charge in [-0.05, 0) is 32.1 Å². The SMILES string of the molecule is C=C1C=C(C)N=C(C)N1c1ccc(N2CCP(O)CC2)c(F)c1. The molecule has 0 aromatic heterocycles. The molecule has 2 heterocycles. The summed E-state index contributed by atoms with van der Waals surface area (Å²) in [6, 6.07) is 5.24. The number of anilines is 2. The standard InChI is InChI=1S/C17H21FN3OP/c1-12-10-13(2)21(14(3)19-12)15-4-5-17(16(18)11-15)20-6-8-23(22)9-7-20/h4-5,10-11,22H,2,6-9H2,1,3H3. The third-order valence-electron chi connectivity index (χ3n) is 4.11. The van der Waals surface area contributed by atoms with Crippen LogP contribution < -0.4 is 9.80 Å². The van der Waals surface area contributed by atoms with Crippen LogP contribution in [-0.2, 0) is 0 Å². The quantitative estimate of drug-likeness (QED) is 0.839. The Labute approximate surface area is 137 Å². The van der Waals surface area contributed by atoms with Crippen molar-refractivity contribution in [2.45, 2.75) is 13.8 Å². The maximum atomic E-state index is 14.6. The van der Waals surface area contributed by atoms with Crippen molar-refractivity contribution in [3.05, 3.63) is 48.1 Å². The molecule has 0 aliphatic carbocycles. The minimum absolute atomic E-state index is 0.251. The first-order valence-electron chi connectivity index (χ1n) is 7.66. The summed E-state index contributed by atoms with van der Waals surface area (Å²) in [6.07, 6.45) is 3.37. The zero-order valence-corrected chi connectivity index (χ0v) is 14.4. The third-order valence-corrected chi connectivity index (χ3v) is 5.54. The van der Waals surface area contributed by atoms with Crippen molar-refractivity contribution in [2.24, 2.45) is 4.99 Å². The molecule has 122 valence electrons. The van der Waals surface area contributed by atoms with Crippen LogP contribution in [0.15, 0.2) is 47.2 Å². The lowest BCUT2D eigenvalue weighted by Gasteiger charge is -2.32. The van der Waals surface area contributed by atoms with Crippen molar-refractivity contribution in [3.8, 4) is 0 Å². The molecule has 4 nitrogen and oxygen atoms in total. The van der Waals surface area contributed by atoms with E-state index in [1.807, 2.05) is 35.8 Å². The van der Waals surface area contributed by atoms with E-state index in [9.17, 15) is 9.28 Å². The number of aliphatic imine (C=N–C) groups is 1. The van der Waals surface area contributed by atoms with Gasteiger partial charge in [-0.1, -0.05) is 6.58 Å². The molecule has 0 saturated carbocycles. The van der Waals surface area contributed by atoms with Crippen LogP contribution in [0.4, 0.5) is 15.8 Å². The molecule has 2 aliphatic heterocycles. The van der Waals surface area contributed by atoms with Crippen LogP contribution in [-0.4, -0.2) is 36.1 Å². The zero-order chi connectivity index (χ0) is 16.6. The average Bonchev–Trinajstić information content (AvgIpc) is 2.47. The number of halogens is 1. The first kappa shape index (κ1) is 16.2. The smallest absolute Gasteiger partial charge is 0.148 e. The molecule has 1 saturated heterocycles. The fraction of sp³-hybridized carbons (Fsp3) is 0.353. The molecule has 6 heteroatoms. The Kier molecular flexibility index (Phi) is 4.51. The number of rotatable bonds is 2. The Morgan fingerprint density at radius 3 is 2.57 bits per heavy atom. The number of hydrogen-bond acceptors (Lipinski definition) is 4. The third kappa shape index (κ3) is 3.31. The zero-order valence-electron chi connectivity index (χ0n) is 13.5. The summed E-state index contributed by atoms with van der Waals surface area (Å²) in [7, 11) is -0.857. The number of nitrogens with zero attached hydrogens (tertiary/aromatic N) is 3. The van der Waals surface area contributed by atoms with Crippen molar-refractivity contribution in [3.63, 3.8) is 0 Å². The molecule has 3 rings (SSSR count). The molecule has 0 unspecified atom stereocenters. The predicted molar refractivity (Wildman–Crippen MR) is 96.0 cm³/mol. The number of amidine groups is 1. The minimum atomic E-state index is -0.857. The summed E-state index contributed by atoms with van der Waals surface area (Å²) in [6.45, 7) is 9.25. The highest BCUT2D eigenvalue weighted by Gasteiger charge is 2.22. The molecule has 1 fully saturated rings. The van der Waals surface area contributed by atoms with Gasteiger partial charge in [-0.3, -0.25) is 4.90 Å². The number of hydrogen-bond donors (Lipinski definition) is 1. The Balaban J connectivity index is 1.85. The van der Waals surface area contributed by atoms with E-state index in [-0.39, 0.29) is 5.82 Å². The van der Waals surface area contributed by atoms with E-state index in [0.29, 0.717) is 18.8 Å². The van der Waals surface area contributed by atoms with Crippen LogP contribution in [0.2, 0.25) is 0 Å². The molecule has 1 N–H and O–H groups in total. The fourth-order valence-electron chi connectivity index (χ4n) is 3.03. The highest BCUT2D eigenvalue weighted by Crippen LogP contribution is 2.36. The summed E-state index contributed by atoms with van der Waals surface area (Å²) in [5, 5.41) is 0. The highest BCUT2D eigenvalue weighted by atomic mass is 31.1. The molecule has 1 aromatic carbocycles. The lowest BCUT2D eigenvalue weighted by molar-refractivity contribution is 0.598. The van der Waals surface area contributed by atoms with Crippen LogP contribution in [0.5, 0.6) is 0 Å². The highest BCUT2D eigenvalue weighted by molar-refractivity contribution is 7.51. The van der Waals surface area contributed by atoms with Crippen molar-refractivity contribution in [1.29, 1.82) is 0 Å². The van der Waals surface area contributed by atoms with E-state index in [0.717, 1.165) is 35.2 Å². The van der Waals surface area contributed by atoms with E-state index in [2.05, 4.69) is 11.6 Å². The van der Waals surface area contributed by atoms with Crippen LogP contribution in [0.25, 0.3) is 0 Å². The molecule has 0 atom stereocenters. The Bertz CT molecular complexity index is 693. The fourth-order valence-corrected chi connectivity index (χ4v) is 4.20. The molecule has 1 aromatic rings. The minimum Gasteiger partial charge on any atom is -0.374 e. The lowest BCUT2D eigenvalue weighted by atomic mass is 10.2. The molecule has 23 heavy (non-hydrogen) atoms. The van der Waals surface area contributed by atoms with E-state index in [1.165, 1.54) is 6.07 Å². The Hall–Kier alpha value is -1.71. The first-order valence-corrected chi connectivity index (χ1v) is 9.33. The number of allylic oxidation sites excluding steroid dienone is 2. The lowest BCUT2D eigenvalue weighted by Crippen LogP contribution is -2.34. The van der Waals surface area contributed by atoms with Crippen molar-refractivity contribution < 1.29 is 9.28 Å². The van der Waals surface area contributed by atoms with Gasteiger partial charge < -0.3 is 9.79 Å². The summed E-state index contributed by atoms with van der Waals surface area (Å²) < 4.78 is 14.6. The summed E-state index contributed by atoms with van der Waals surface area (Å²) in [5.74, 6) is 0.532. The van der Waals surface area contributed by atoms with Gasteiger partial charge in [0, 0.05) is 51.0 Å². The summed E-state index contributed by atoms with van der Waals surface area (Å²) in [5.41, 5.74) is 3.00. The molecule has 0 amide bonds. The largest absolute Gasteiger partial charge is 0.374 e. The van der Waals surface area contributed by atoms with Gasteiger partial charge in [0.1, 0.15) is 11.7 Å². The van der Waals surface area contributed by atoms with Gasteiger partial charge >= 0.3 is 0 Å². The average molecular weight is 333 g/mol. The molecule has 0 bridgehead atoms. The number of benzene rings is 1. The Morgan fingerprint density at radius 2 is 1.96 bits per heavy atom. The van der Waals surface area contributed by atoms with Crippen molar-refractivity contribution >= 4 is 25.4 Å². The predicted octanol–water partition coefficient (Wildman–Crippen LogP) is 3.69. The molecule has 2 aliphatic rings. The van der Waals surface area contributed by atoms with Gasteiger partial charge in [-0.2, -0.15) is 0 Å². The van der Waals surface area contributed by atoms with Crippen LogP contribution in [0.3, 0.4) is 0 Å². The topological polar surface area (TPSA) is 39.1 Å². The molecule has 0 spiro atoms. The van der Waals surface area contributed by atoms with Gasteiger partial charge in [0.15, 0.2) is 0 Å². The molecular weight excluding hydrogens is 312 g/mol. The second-order valence-corrected chi connectivity index (χ2v) is 7.76. The Morgan fingerprint density at radius 1 is 1.26 bits per heavy atom. The van der Waals surface area contributed by atoms with Gasteiger partial charge in [0.2, 0.25) is 0 Å². The van der Waals surface area contributed by atoms with Crippen LogP contribution >= 0.6 is 8.15 Å².